The van der Waals surface area contributed by atoms with Crippen LogP contribution in [0.2, 0.25) is 0 Å². The highest BCUT2D eigenvalue weighted by atomic mass is 19.4. The molecule has 0 saturated heterocycles. The number of hydrogen-bond acceptors (Lipinski definition) is 5. The van der Waals surface area contributed by atoms with Crippen LogP contribution in [-0.2, 0) is 6.54 Å². The third kappa shape index (κ3) is 2.52. The smallest absolute Gasteiger partial charge is 0.393 e. The Kier molecular flexibility index (Phi) is 3.20. The third-order valence-electron chi connectivity index (χ3n) is 1.70. The molecule has 0 aliphatic heterocycles. The Morgan fingerprint density at radius 2 is 2.12 bits per heavy atom. The van der Waals surface area contributed by atoms with Crippen molar-refractivity contribution in [2.45, 2.75) is 12.9 Å². The van der Waals surface area contributed by atoms with E-state index in [1.165, 1.54) is 0 Å². The van der Waals surface area contributed by atoms with Gasteiger partial charge in [-0.1, -0.05) is 0 Å². The van der Waals surface area contributed by atoms with Crippen LogP contribution in [0.1, 0.15) is 11.1 Å². The summed E-state index contributed by atoms with van der Waals surface area (Å²) in [6.45, 7) is -0.0492. The lowest BCUT2D eigenvalue weighted by Crippen LogP contribution is -2.19. The number of nitrogens with zero attached hydrogens (tertiary/aromatic N) is 2. The molecule has 0 aliphatic carbocycles. The molecule has 8 heteroatoms. The largest absolute Gasteiger partial charge is 0.574 e. The highest BCUT2D eigenvalue weighted by molar-refractivity contribution is 5.63. The summed E-state index contributed by atoms with van der Waals surface area (Å²) in [5, 5.41) is 8.70. The molecule has 0 amide bonds. The van der Waals surface area contributed by atoms with E-state index in [0.717, 1.165) is 6.20 Å². The van der Waals surface area contributed by atoms with Crippen molar-refractivity contribution in [3.05, 3.63) is 17.3 Å². The van der Waals surface area contributed by atoms with Crippen molar-refractivity contribution in [3.63, 3.8) is 0 Å². The van der Waals surface area contributed by atoms with Crippen LogP contribution in [-0.4, -0.2) is 11.3 Å². The van der Waals surface area contributed by atoms with Gasteiger partial charge in [-0.2, -0.15) is 5.26 Å². The molecule has 0 bridgehead atoms. The molecule has 4 N–H and O–H groups in total. The van der Waals surface area contributed by atoms with Gasteiger partial charge in [0.2, 0.25) is 5.88 Å². The number of hydrogen-bond donors (Lipinski definition) is 2. The first-order valence-electron chi connectivity index (χ1n) is 4.02. The molecular weight excluding hydrogens is 225 g/mol. The molecule has 0 saturated carbocycles. The average molecular weight is 232 g/mol. The molecule has 0 atom stereocenters. The van der Waals surface area contributed by atoms with Crippen LogP contribution in [0.25, 0.3) is 0 Å². The zero-order chi connectivity index (χ0) is 12.3. The number of aromatic nitrogens is 1. The summed E-state index contributed by atoms with van der Waals surface area (Å²) in [4.78, 5) is 3.34. The summed E-state index contributed by atoms with van der Waals surface area (Å²) in [6.07, 6.45) is -3.88. The Labute approximate surface area is 88.4 Å². The molecule has 0 spiro atoms. The molecule has 1 rings (SSSR count). The highest BCUT2D eigenvalue weighted by Crippen LogP contribution is 2.29. The first-order chi connectivity index (χ1) is 7.39. The summed E-state index contributed by atoms with van der Waals surface area (Å²) < 4.78 is 39.3. The van der Waals surface area contributed by atoms with Crippen LogP contribution in [0.5, 0.6) is 5.88 Å². The van der Waals surface area contributed by atoms with Gasteiger partial charge in [-0.3, -0.25) is 0 Å². The van der Waals surface area contributed by atoms with Gasteiger partial charge in [0.25, 0.3) is 0 Å². The highest BCUT2D eigenvalue weighted by Gasteiger charge is 2.33. The van der Waals surface area contributed by atoms with Gasteiger partial charge in [-0.25, -0.2) is 4.98 Å². The molecule has 5 nitrogen and oxygen atoms in total. The molecule has 1 aromatic rings. The van der Waals surface area contributed by atoms with Crippen LogP contribution >= 0.6 is 0 Å². The van der Waals surface area contributed by atoms with Crippen molar-refractivity contribution in [2.75, 3.05) is 5.73 Å². The second-order valence-corrected chi connectivity index (χ2v) is 2.74. The van der Waals surface area contributed by atoms with Crippen molar-refractivity contribution in [1.29, 1.82) is 5.26 Å². The number of ether oxygens (including phenoxy) is 1. The summed E-state index contributed by atoms with van der Waals surface area (Å²) in [5.74, 6) is -0.846. The van der Waals surface area contributed by atoms with E-state index in [0.29, 0.717) is 0 Å². The quantitative estimate of drug-likeness (QED) is 0.789. The number of nitriles is 1. The van der Waals surface area contributed by atoms with E-state index in [1.54, 1.807) is 6.07 Å². The molecule has 0 aliphatic rings. The van der Waals surface area contributed by atoms with Crippen molar-refractivity contribution >= 4 is 5.69 Å². The fourth-order valence-electron chi connectivity index (χ4n) is 1.03. The molecule has 16 heavy (non-hydrogen) atoms. The lowest BCUT2D eigenvalue weighted by Gasteiger charge is -2.11. The monoisotopic (exact) mass is 232 g/mol. The first-order valence-corrected chi connectivity index (χ1v) is 4.02. The molecule has 0 aromatic carbocycles. The number of rotatable bonds is 2. The van der Waals surface area contributed by atoms with Gasteiger partial charge in [0.05, 0.1) is 5.56 Å². The maximum atomic E-state index is 11.9. The number of halogens is 3. The number of nitrogen functional groups attached to an aromatic ring is 1. The van der Waals surface area contributed by atoms with Crippen molar-refractivity contribution < 1.29 is 17.9 Å². The standard InChI is InChI=1S/C8H7F3N4O/c9-8(10,11)16-7-6(14)5(2-13)4(1-12)3-15-7/h3H,1,12,14H2. The van der Waals surface area contributed by atoms with E-state index in [2.05, 4.69) is 9.72 Å². The van der Waals surface area contributed by atoms with Gasteiger partial charge >= 0.3 is 6.36 Å². The zero-order valence-corrected chi connectivity index (χ0v) is 7.88. The number of nitrogens with two attached hydrogens (primary N) is 2. The van der Waals surface area contributed by atoms with E-state index >= 15 is 0 Å². The fourth-order valence-corrected chi connectivity index (χ4v) is 1.03. The zero-order valence-electron chi connectivity index (χ0n) is 7.88. The van der Waals surface area contributed by atoms with Crippen LogP contribution in [0, 0.1) is 11.3 Å². The van der Waals surface area contributed by atoms with Gasteiger partial charge in [0, 0.05) is 18.3 Å². The minimum atomic E-state index is -4.90. The molecule has 1 aromatic heterocycles. The molecular formula is C8H7F3N4O. The lowest BCUT2D eigenvalue weighted by molar-refractivity contribution is -0.275. The van der Waals surface area contributed by atoms with Gasteiger partial charge in [0.15, 0.2) is 0 Å². The minimum absolute atomic E-state index is 0.0492. The van der Waals surface area contributed by atoms with E-state index in [4.69, 9.17) is 16.7 Å². The van der Waals surface area contributed by atoms with Crippen LogP contribution in [0.15, 0.2) is 6.20 Å². The Hall–Kier alpha value is -2.01. The Bertz CT molecular complexity index is 438. The van der Waals surface area contributed by atoms with E-state index in [1.807, 2.05) is 0 Å². The van der Waals surface area contributed by atoms with Crippen LogP contribution < -0.4 is 16.2 Å². The third-order valence-corrected chi connectivity index (χ3v) is 1.70. The summed E-state index contributed by atoms with van der Waals surface area (Å²) in [7, 11) is 0. The van der Waals surface area contributed by atoms with Crippen LogP contribution in [0.4, 0.5) is 18.9 Å². The molecule has 0 fully saturated rings. The SMILES string of the molecule is N#Cc1c(CN)cnc(OC(F)(F)F)c1N. The average Bonchev–Trinajstić information content (AvgIpc) is 2.19. The second-order valence-electron chi connectivity index (χ2n) is 2.74. The molecule has 0 unspecified atom stereocenters. The minimum Gasteiger partial charge on any atom is -0.393 e. The second kappa shape index (κ2) is 4.24. The Balaban J connectivity index is 3.21. The maximum Gasteiger partial charge on any atom is 0.574 e. The van der Waals surface area contributed by atoms with E-state index in [9.17, 15) is 13.2 Å². The predicted octanol–water partition coefficient (Wildman–Crippen LogP) is 0.893. The fraction of sp³-hybridized carbons (Fsp3) is 0.250. The Morgan fingerprint density at radius 1 is 1.50 bits per heavy atom. The molecule has 1 heterocycles. The predicted molar refractivity (Wildman–Crippen MR) is 47.9 cm³/mol. The van der Waals surface area contributed by atoms with E-state index in [-0.39, 0.29) is 17.7 Å². The normalized spacial score (nSPS) is 10.9. The number of anilines is 1. The van der Waals surface area contributed by atoms with Gasteiger partial charge in [-0.05, 0) is 0 Å². The topological polar surface area (TPSA) is 98.0 Å². The number of pyridine rings is 1. The van der Waals surface area contributed by atoms with Gasteiger partial charge < -0.3 is 16.2 Å². The summed E-state index contributed by atoms with van der Waals surface area (Å²) in [5.41, 5.74) is 10.2. The summed E-state index contributed by atoms with van der Waals surface area (Å²) >= 11 is 0. The lowest BCUT2D eigenvalue weighted by atomic mass is 10.1. The number of alkyl halides is 3. The van der Waals surface area contributed by atoms with Crippen LogP contribution in [0.3, 0.4) is 0 Å². The molecule has 86 valence electrons. The van der Waals surface area contributed by atoms with Gasteiger partial charge in [0.1, 0.15) is 11.8 Å². The van der Waals surface area contributed by atoms with Crippen molar-refractivity contribution in [3.8, 4) is 11.9 Å². The Morgan fingerprint density at radius 3 is 2.56 bits per heavy atom. The maximum absolute atomic E-state index is 11.9. The first kappa shape index (κ1) is 12.1. The molecule has 0 radical (unpaired) electrons. The van der Waals surface area contributed by atoms with Gasteiger partial charge in [-0.15, -0.1) is 13.2 Å². The van der Waals surface area contributed by atoms with Crippen molar-refractivity contribution in [1.82, 2.24) is 4.98 Å². The summed E-state index contributed by atoms with van der Waals surface area (Å²) in [6, 6.07) is 1.65. The van der Waals surface area contributed by atoms with E-state index < -0.39 is 17.9 Å². The van der Waals surface area contributed by atoms with Crippen molar-refractivity contribution in [2.24, 2.45) is 5.73 Å².